The van der Waals surface area contributed by atoms with E-state index in [9.17, 15) is 0 Å². The highest BCUT2D eigenvalue weighted by Crippen LogP contribution is 2.37. The Hall–Kier alpha value is -0.520. The summed E-state index contributed by atoms with van der Waals surface area (Å²) in [5, 5.41) is 3.95. The van der Waals surface area contributed by atoms with Crippen molar-refractivity contribution in [1.29, 1.82) is 0 Å². The van der Waals surface area contributed by atoms with Gasteiger partial charge >= 0.3 is 0 Å². The highest BCUT2D eigenvalue weighted by Gasteiger charge is 2.22. The second kappa shape index (κ2) is 5.23. The van der Waals surface area contributed by atoms with Crippen molar-refractivity contribution in [1.82, 2.24) is 9.38 Å². The van der Waals surface area contributed by atoms with Crippen LogP contribution in [0, 0.1) is 5.92 Å². The number of fused-ring (bicyclic) bond motifs is 1. The zero-order valence-corrected chi connectivity index (χ0v) is 12.3. The van der Waals surface area contributed by atoms with Crippen molar-refractivity contribution in [2.75, 3.05) is 0 Å². The summed E-state index contributed by atoms with van der Waals surface area (Å²) >= 11 is 3.63. The van der Waals surface area contributed by atoms with Crippen molar-refractivity contribution < 1.29 is 0 Å². The van der Waals surface area contributed by atoms with Gasteiger partial charge in [-0.2, -0.15) is 0 Å². The fourth-order valence-electron chi connectivity index (χ4n) is 2.74. The van der Waals surface area contributed by atoms with Gasteiger partial charge in [-0.25, -0.2) is 4.98 Å². The van der Waals surface area contributed by atoms with Crippen molar-refractivity contribution >= 4 is 28.1 Å². The average Bonchev–Trinajstić information content (AvgIpc) is 2.89. The molecule has 98 valence electrons. The summed E-state index contributed by atoms with van der Waals surface area (Å²) in [5.41, 5.74) is 7.06. The standard InChI is InChI=1S/C13H19N3S2/c1-9-3-2-4-10(7-9)18-12-11(8-14)16-5-6-17-13(16)15-12/h5-6,9-10H,2-4,7-8,14H2,1H3. The average molecular weight is 281 g/mol. The van der Waals surface area contributed by atoms with Gasteiger partial charge in [-0.15, -0.1) is 23.1 Å². The minimum absolute atomic E-state index is 0.572. The summed E-state index contributed by atoms with van der Waals surface area (Å²) in [6.07, 6.45) is 7.46. The largest absolute Gasteiger partial charge is 0.325 e. The molecule has 2 aromatic rings. The van der Waals surface area contributed by atoms with Crippen molar-refractivity contribution in [3.63, 3.8) is 0 Å². The van der Waals surface area contributed by atoms with Gasteiger partial charge in [-0.3, -0.25) is 4.40 Å². The van der Waals surface area contributed by atoms with Crippen LogP contribution in [0.3, 0.4) is 0 Å². The molecule has 2 atom stereocenters. The Morgan fingerprint density at radius 2 is 2.44 bits per heavy atom. The van der Waals surface area contributed by atoms with Crippen LogP contribution < -0.4 is 5.73 Å². The molecule has 1 fully saturated rings. The van der Waals surface area contributed by atoms with Crippen LogP contribution >= 0.6 is 23.1 Å². The molecule has 2 N–H and O–H groups in total. The number of aromatic nitrogens is 2. The quantitative estimate of drug-likeness (QED) is 0.936. The van der Waals surface area contributed by atoms with E-state index in [1.165, 1.54) is 31.4 Å². The molecule has 0 saturated heterocycles. The fraction of sp³-hybridized carbons (Fsp3) is 0.615. The molecule has 1 aliphatic carbocycles. The normalized spacial score (nSPS) is 24.8. The fourth-order valence-corrected chi connectivity index (χ4v) is 5.01. The maximum atomic E-state index is 5.88. The van der Waals surface area contributed by atoms with Gasteiger partial charge in [0.15, 0.2) is 4.96 Å². The Balaban J connectivity index is 1.83. The highest BCUT2D eigenvalue weighted by molar-refractivity contribution is 7.99. The van der Waals surface area contributed by atoms with E-state index in [-0.39, 0.29) is 0 Å². The summed E-state index contributed by atoms with van der Waals surface area (Å²) in [7, 11) is 0. The van der Waals surface area contributed by atoms with Crippen LogP contribution in [0.25, 0.3) is 4.96 Å². The topological polar surface area (TPSA) is 43.3 Å². The van der Waals surface area contributed by atoms with E-state index in [2.05, 4.69) is 22.9 Å². The number of thioether (sulfide) groups is 1. The first-order chi connectivity index (χ1) is 8.78. The molecular formula is C13H19N3S2. The lowest BCUT2D eigenvalue weighted by Gasteiger charge is -2.25. The molecule has 3 nitrogen and oxygen atoms in total. The first-order valence-electron chi connectivity index (χ1n) is 6.59. The molecule has 1 saturated carbocycles. The predicted molar refractivity (Wildman–Crippen MR) is 78.2 cm³/mol. The first-order valence-corrected chi connectivity index (χ1v) is 8.35. The molecule has 0 radical (unpaired) electrons. The predicted octanol–water partition coefficient (Wildman–Crippen LogP) is 3.53. The van der Waals surface area contributed by atoms with E-state index < -0.39 is 0 Å². The van der Waals surface area contributed by atoms with E-state index in [0.717, 1.165) is 21.2 Å². The highest BCUT2D eigenvalue weighted by atomic mass is 32.2. The summed E-state index contributed by atoms with van der Waals surface area (Å²) in [6.45, 7) is 2.94. The van der Waals surface area contributed by atoms with Gasteiger partial charge in [-0.1, -0.05) is 19.8 Å². The van der Waals surface area contributed by atoms with Crippen LogP contribution in [-0.2, 0) is 6.54 Å². The molecular weight excluding hydrogens is 262 g/mol. The Bertz CT molecular complexity index is 531. The second-order valence-corrected chi connectivity index (χ2v) is 7.30. The van der Waals surface area contributed by atoms with Crippen molar-refractivity contribution in [3.8, 4) is 0 Å². The summed E-state index contributed by atoms with van der Waals surface area (Å²) in [4.78, 5) is 5.80. The van der Waals surface area contributed by atoms with Crippen LogP contribution in [0.15, 0.2) is 16.6 Å². The number of nitrogens with zero attached hydrogens (tertiary/aromatic N) is 2. The molecule has 1 aliphatic rings. The van der Waals surface area contributed by atoms with Crippen LogP contribution in [-0.4, -0.2) is 14.6 Å². The summed E-state index contributed by atoms with van der Waals surface area (Å²) in [6, 6.07) is 0. The molecule has 3 rings (SSSR count). The minimum atomic E-state index is 0.572. The monoisotopic (exact) mass is 281 g/mol. The molecule has 0 aliphatic heterocycles. The van der Waals surface area contributed by atoms with Gasteiger partial charge in [-0.05, 0) is 18.8 Å². The summed E-state index contributed by atoms with van der Waals surface area (Å²) in [5.74, 6) is 0.862. The lowest BCUT2D eigenvalue weighted by Crippen LogP contribution is -2.15. The van der Waals surface area contributed by atoms with Crippen LogP contribution in [0.1, 0.15) is 38.3 Å². The third kappa shape index (κ3) is 2.31. The molecule has 18 heavy (non-hydrogen) atoms. The van der Waals surface area contributed by atoms with Gasteiger partial charge in [0.1, 0.15) is 5.03 Å². The van der Waals surface area contributed by atoms with Gasteiger partial charge in [0, 0.05) is 23.4 Å². The third-order valence-corrected chi connectivity index (χ3v) is 5.75. The number of hydrogen-bond donors (Lipinski definition) is 1. The Kier molecular flexibility index (Phi) is 3.63. The maximum Gasteiger partial charge on any atom is 0.194 e. The van der Waals surface area contributed by atoms with E-state index >= 15 is 0 Å². The van der Waals surface area contributed by atoms with E-state index in [1.54, 1.807) is 11.3 Å². The minimum Gasteiger partial charge on any atom is -0.325 e. The van der Waals surface area contributed by atoms with E-state index in [0.29, 0.717) is 6.54 Å². The second-order valence-electron chi connectivity index (χ2n) is 5.13. The van der Waals surface area contributed by atoms with E-state index in [4.69, 9.17) is 10.7 Å². The number of nitrogens with two attached hydrogens (primary N) is 1. The molecule has 2 heterocycles. The smallest absolute Gasteiger partial charge is 0.194 e. The molecule has 2 unspecified atom stereocenters. The van der Waals surface area contributed by atoms with Crippen LogP contribution in [0.4, 0.5) is 0 Å². The van der Waals surface area contributed by atoms with Crippen molar-refractivity contribution in [3.05, 3.63) is 17.3 Å². The zero-order chi connectivity index (χ0) is 12.5. The Labute approximate surface area is 116 Å². The van der Waals surface area contributed by atoms with Crippen molar-refractivity contribution in [2.24, 2.45) is 11.7 Å². The van der Waals surface area contributed by atoms with Gasteiger partial charge < -0.3 is 5.73 Å². The SMILES string of the molecule is CC1CCCC(Sc2nc3sccn3c2CN)C1. The number of hydrogen-bond acceptors (Lipinski definition) is 4. The molecule has 0 amide bonds. The van der Waals surface area contributed by atoms with E-state index in [1.807, 2.05) is 11.8 Å². The van der Waals surface area contributed by atoms with Crippen molar-refractivity contribution in [2.45, 2.75) is 49.4 Å². The third-order valence-electron chi connectivity index (χ3n) is 3.68. The number of thiazole rings is 1. The maximum absolute atomic E-state index is 5.88. The molecule has 2 aromatic heterocycles. The Morgan fingerprint density at radius 3 is 3.22 bits per heavy atom. The molecule has 0 bridgehead atoms. The molecule has 0 spiro atoms. The zero-order valence-electron chi connectivity index (χ0n) is 10.6. The van der Waals surface area contributed by atoms with Crippen LogP contribution in [0.5, 0.6) is 0 Å². The lowest BCUT2D eigenvalue weighted by atomic mass is 9.91. The molecule has 5 heteroatoms. The van der Waals surface area contributed by atoms with Crippen LogP contribution in [0.2, 0.25) is 0 Å². The van der Waals surface area contributed by atoms with Gasteiger partial charge in [0.25, 0.3) is 0 Å². The Morgan fingerprint density at radius 1 is 1.56 bits per heavy atom. The number of rotatable bonds is 3. The number of imidazole rings is 1. The van der Waals surface area contributed by atoms with Gasteiger partial charge in [0.2, 0.25) is 0 Å². The first kappa shape index (κ1) is 12.5. The molecule has 0 aromatic carbocycles. The lowest BCUT2D eigenvalue weighted by molar-refractivity contribution is 0.394. The summed E-state index contributed by atoms with van der Waals surface area (Å²) < 4.78 is 2.14. The van der Waals surface area contributed by atoms with Gasteiger partial charge in [0.05, 0.1) is 5.69 Å².